The molecule has 1 unspecified atom stereocenters. The summed E-state index contributed by atoms with van der Waals surface area (Å²) in [6.07, 6.45) is 1.68. The summed E-state index contributed by atoms with van der Waals surface area (Å²) in [6.45, 7) is 1.88. The predicted octanol–water partition coefficient (Wildman–Crippen LogP) is 3.56. The summed E-state index contributed by atoms with van der Waals surface area (Å²) in [4.78, 5) is 4.98. The van der Waals surface area contributed by atoms with E-state index < -0.39 is 11.9 Å². The van der Waals surface area contributed by atoms with Crippen molar-refractivity contribution in [2.75, 3.05) is 0 Å². The van der Waals surface area contributed by atoms with Crippen molar-refractivity contribution in [3.05, 3.63) is 49.1 Å². The van der Waals surface area contributed by atoms with Crippen LogP contribution in [0.2, 0.25) is 5.02 Å². The smallest absolute Gasteiger partial charge is 0.148 e. The van der Waals surface area contributed by atoms with Crippen LogP contribution in [0.4, 0.5) is 4.39 Å². The molecule has 0 saturated carbocycles. The Morgan fingerprint density at radius 3 is 2.83 bits per heavy atom. The van der Waals surface area contributed by atoms with Crippen molar-refractivity contribution in [1.29, 1.82) is 0 Å². The Morgan fingerprint density at radius 1 is 1.56 bits per heavy atom. The summed E-state index contributed by atoms with van der Waals surface area (Å²) >= 11 is 10.5. The quantitative estimate of drug-likeness (QED) is 0.505. The van der Waals surface area contributed by atoms with E-state index in [0.717, 1.165) is 9.88 Å². The summed E-state index contributed by atoms with van der Waals surface area (Å²) in [7, 11) is 0. The zero-order valence-corrected chi connectivity index (χ0v) is 12.5. The highest BCUT2D eigenvalue weighted by Crippen LogP contribution is 2.34. The minimum atomic E-state index is -0.486. The molecule has 0 bridgehead atoms. The monoisotopic (exact) mass is 349 g/mol. The van der Waals surface area contributed by atoms with E-state index in [9.17, 15) is 4.39 Å². The molecule has 1 heterocycles. The van der Waals surface area contributed by atoms with Crippen molar-refractivity contribution in [3.63, 3.8) is 0 Å². The first-order valence-corrected chi connectivity index (χ1v) is 7.05. The number of aromatic nitrogens is 1. The van der Waals surface area contributed by atoms with Crippen LogP contribution in [0.25, 0.3) is 0 Å². The topological polar surface area (TPSA) is 50.9 Å². The van der Waals surface area contributed by atoms with E-state index in [1.165, 1.54) is 11.3 Å². The predicted molar refractivity (Wildman–Crippen MR) is 75.1 cm³/mol. The lowest BCUT2D eigenvalue weighted by Gasteiger charge is -2.16. The van der Waals surface area contributed by atoms with Gasteiger partial charge in [-0.1, -0.05) is 17.7 Å². The maximum absolute atomic E-state index is 14.1. The minimum absolute atomic E-state index is 0.0500. The van der Waals surface area contributed by atoms with Crippen LogP contribution in [0.5, 0.6) is 0 Å². The first-order valence-electron chi connectivity index (χ1n) is 5.06. The number of rotatable bonds is 3. The van der Waals surface area contributed by atoms with Crippen molar-refractivity contribution >= 4 is 38.9 Å². The second kappa shape index (κ2) is 5.63. The molecule has 0 spiro atoms. The van der Waals surface area contributed by atoms with Gasteiger partial charge in [0, 0.05) is 21.1 Å². The van der Waals surface area contributed by atoms with Gasteiger partial charge in [0.05, 0.1) is 16.1 Å². The lowest BCUT2D eigenvalue weighted by Crippen LogP contribution is -2.29. The molecule has 2 rings (SSSR count). The third-order valence-electron chi connectivity index (χ3n) is 2.47. The van der Waals surface area contributed by atoms with Crippen LogP contribution in [-0.2, 0) is 0 Å². The SMILES string of the molecule is Cc1ncc(C(NN)c2ccc(Br)c(Cl)c2F)s1. The number of aryl methyl sites for hydroxylation is 1. The Labute approximate surface area is 121 Å². The molecule has 1 aromatic carbocycles. The summed E-state index contributed by atoms with van der Waals surface area (Å²) in [6, 6.07) is 2.88. The highest BCUT2D eigenvalue weighted by atomic mass is 79.9. The van der Waals surface area contributed by atoms with Gasteiger partial charge in [-0.25, -0.2) is 14.8 Å². The fourth-order valence-corrected chi connectivity index (χ4v) is 2.94. The Balaban J connectivity index is 2.49. The van der Waals surface area contributed by atoms with Gasteiger partial charge in [-0.05, 0) is 28.9 Å². The van der Waals surface area contributed by atoms with Gasteiger partial charge >= 0.3 is 0 Å². The second-order valence-corrected chi connectivity index (χ2v) is 6.14. The number of nitrogens with zero attached hydrogens (tertiary/aromatic N) is 1. The molecule has 0 radical (unpaired) electrons. The first-order chi connectivity index (χ1) is 8.54. The number of benzene rings is 1. The molecule has 0 fully saturated rings. The molecule has 1 atom stereocenters. The molecule has 2 aromatic rings. The van der Waals surface area contributed by atoms with Crippen LogP contribution < -0.4 is 11.3 Å². The largest absolute Gasteiger partial charge is 0.271 e. The van der Waals surface area contributed by atoms with E-state index in [2.05, 4.69) is 26.3 Å². The van der Waals surface area contributed by atoms with E-state index in [1.807, 2.05) is 6.92 Å². The van der Waals surface area contributed by atoms with E-state index >= 15 is 0 Å². The second-order valence-electron chi connectivity index (χ2n) is 3.65. The molecule has 18 heavy (non-hydrogen) atoms. The summed E-state index contributed by atoms with van der Waals surface area (Å²) in [5.41, 5.74) is 2.99. The number of nitrogens with one attached hydrogen (secondary N) is 1. The highest BCUT2D eigenvalue weighted by molar-refractivity contribution is 9.10. The molecule has 0 amide bonds. The van der Waals surface area contributed by atoms with Crippen LogP contribution in [0.1, 0.15) is 21.5 Å². The van der Waals surface area contributed by atoms with Gasteiger partial charge < -0.3 is 0 Å². The van der Waals surface area contributed by atoms with Crippen LogP contribution >= 0.6 is 38.9 Å². The normalized spacial score (nSPS) is 12.7. The number of hydrogen-bond donors (Lipinski definition) is 2. The van der Waals surface area contributed by atoms with Gasteiger partial charge in [0.2, 0.25) is 0 Å². The maximum Gasteiger partial charge on any atom is 0.148 e. The molecule has 0 aliphatic carbocycles. The Bertz CT molecular complexity index is 575. The lowest BCUT2D eigenvalue weighted by molar-refractivity contribution is 0.563. The summed E-state index contributed by atoms with van der Waals surface area (Å²) < 4.78 is 14.6. The van der Waals surface area contributed by atoms with Gasteiger partial charge in [0.15, 0.2) is 0 Å². The molecule has 0 aliphatic heterocycles. The molecular formula is C11H10BrClFN3S. The van der Waals surface area contributed by atoms with Crippen LogP contribution in [0, 0.1) is 12.7 Å². The number of halogens is 3. The van der Waals surface area contributed by atoms with Crippen LogP contribution in [0.3, 0.4) is 0 Å². The Kier molecular flexibility index (Phi) is 4.34. The van der Waals surface area contributed by atoms with Crippen molar-refractivity contribution in [2.24, 2.45) is 5.84 Å². The first kappa shape index (κ1) is 13.9. The highest BCUT2D eigenvalue weighted by Gasteiger charge is 2.21. The average Bonchev–Trinajstić information content (AvgIpc) is 2.77. The molecular weight excluding hydrogens is 341 g/mol. The van der Waals surface area contributed by atoms with Crippen molar-refractivity contribution in [1.82, 2.24) is 10.4 Å². The Hall–Kier alpha value is -0.530. The van der Waals surface area contributed by atoms with Gasteiger partial charge in [-0.2, -0.15) is 0 Å². The molecule has 3 N–H and O–H groups in total. The molecule has 7 heteroatoms. The third kappa shape index (κ3) is 2.57. The minimum Gasteiger partial charge on any atom is -0.271 e. The number of thiazole rings is 1. The molecule has 3 nitrogen and oxygen atoms in total. The standard InChI is InChI=1S/C11H10BrClFN3S/c1-5-16-4-8(18-5)11(17-15)6-2-3-7(12)9(13)10(6)14/h2-4,11,17H,15H2,1H3. The van der Waals surface area contributed by atoms with Crippen LogP contribution in [0.15, 0.2) is 22.8 Å². The van der Waals surface area contributed by atoms with Gasteiger partial charge in [0.25, 0.3) is 0 Å². The molecule has 96 valence electrons. The van der Waals surface area contributed by atoms with E-state index in [4.69, 9.17) is 17.4 Å². The van der Waals surface area contributed by atoms with Crippen LogP contribution in [-0.4, -0.2) is 4.98 Å². The van der Waals surface area contributed by atoms with Crippen molar-refractivity contribution in [2.45, 2.75) is 13.0 Å². The van der Waals surface area contributed by atoms with E-state index in [-0.39, 0.29) is 5.02 Å². The number of hydrazine groups is 1. The third-order valence-corrected chi connectivity index (χ3v) is 4.70. The molecule has 1 aromatic heterocycles. The van der Waals surface area contributed by atoms with Crippen molar-refractivity contribution in [3.8, 4) is 0 Å². The fourth-order valence-electron chi connectivity index (χ4n) is 1.60. The molecule has 0 aliphatic rings. The van der Waals surface area contributed by atoms with Crippen molar-refractivity contribution < 1.29 is 4.39 Å². The summed E-state index contributed by atoms with van der Waals surface area (Å²) in [5, 5.41) is 0.947. The van der Waals surface area contributed by atoms with Gasteiger partial charge in [-0.15, -0.1) is 11.3 Å². The zero-order valence-electron chi connectivity index (χ0n) is 9.38. The average molecular weight is 351 g/mol. The van der Waals surface area contributed by atoms with E-state index in [1.54, 1.807) is 18.3 Å². The number of hydrogen-bond acceptors (Lipinski definition) is 4. The molecule has 0 saturated heterocycles. The maximum atomic E-state index is 14.1. The fraction of sp³-hybridized carbons (Fsp3) is 0.182. The summed E-state index contributed by atoms with van der Waals surface area (Å²) in [5.74, 6) is 5.02. The van der Waals surface area contributed by atoms with E-state index in [0.29, 0.717) is 10.0 Å². The Morgan fingerprint density at radius 2 is 2.28 bits per heavy atom. The number of nitrogens with two attached hydrogens (primary N) is 1. The lowest BCUT2D eigenvalue weighted by atomic mass is 10.1. The van der Waals surface area contributed by atoms with Gasteiger partial charge in [-0.3, -0.25) is 5.84 Å². The zero-order chi connectivity index (χ0) is 13.3. The van der Waals surface area contributed by atoms with Gasteiger partial charge in [0.1, 0.15) is 5.82 Å².